The van der Waals surface area contributed by atoms with Crippen LogP contribution in [0.15, 0.2) is 75.6 Å². The van der Waals surface area contributed by atoms with E-state index in [9.17, 15) is 4.79 Å². The maximum atomic E-state index is 12.2. The van der Waals surface area contributed by atoms with E-state index in [0.29, 0.717) is 42.6 Å². The molecular weight excluding hydrogens is 416 g/mol. The number of aromatic nitrogens is 4. The third-order valence-corrected chi connectivity index (χ3v) is 5.92. The van der Waals surface area contributed by atoms with Gasteiger partial charge in [-0.3, -0.25) is 9.13 Å². The normalized spacial score (nSPS) is 15.3. The van der Waals surface area contributed by atoms with Gasteiger partial charge in [-0.15, -0.1) is 16.8 Å². The fraction of sp³-hybridized carbons (Fsp3) is 0.227. The lowest BCUT2D eigenvalue weighted by Gasteiger charge is -2.26. The maximum absolute atomic E-state index is 12.2. The smallest absolute Gasteiger partial charge is 0.419 e. The standard InChI is InChI=1S/C22H20N4O4S/c1-2-11-26-20(19-14-28-17-9-5-6-10-18(17)29-19)23-24-21(26)31-13-12-25-15-7-3-4-8-16(15)30-22(25)27/h2-10,19H,1,11-14H2/t19-/m1/s1. The molecule has 5 rings (SSSR count). The summed E-state index contributed by atoms with van der Waals surface area (Å²) in [4.78, 5) is 12.2. The lowest BCUT2D eigenvalue weighted by molar-refractivity contribution is 0.0821. The lowest BCUT2D eigenvalue weighted by Crippen LogP contribution is -2.25. The highest BCUT2D eigenvalue weighted by Crippen LogP contribution is 2.36. The van der Waals surface area contributed by atoms with E-state index in [1.54, 1.807) is 16.7 Å². The summed E-state index contributed by atoms with van der Waals surface area (Å²) < 4.78 is 20.8. The number of aryl methyl sites for hydroxylation is 1. The van der Waals surface area contributed by atoms with E-state index >= 15 is 0 Å². The molecule has 0 N–H and O–H groups in total. The fourth-order valence-electron chi connectivity index (χ4n) is 3.55. The predicted molar refractivity (Wildman–Crippen MR) is 117 cm³/mol. The average Bonchev–Trinajstić information content (AvgIpc) is 3.34. The Hall–Kier alpha value is -3.46. The predicted octanol–water partition coefficient (Wildman–Crippen LogP) is 3.68. The molecular formula is C22H20N4O4S. The number of para-hydroxylation sites is 4. The molecule has 2 aromatic heterocycles. The van der Waals surface area contributed by atoms with E-state index in [2.05, 4.69) is 16.8 Å². The molecule has 1 aliphatic rings. The van der Waals surface area contributed by atoms with Crippen molar-refractivity contribution in [1.29, 1.82) is 0 Å². The Kier molecular flexibility index (Phi) is 5.25. The average molecular weight is 436 g/mol. The van der Waals surface area contributed by atoms with Gasteiger partial charge in [0, 0.05) is 18.8 Å². The van der Waals surface area contributed by atoms with Crippen LogP contribution in [0.5, 0.6) is 11.5 Å². The van der Waals surface area contributed by atoms with Gasteiger partial charge in [0.05, 0.1) is 5.52 Å². The molecule has 0 saturated carbocycles. The van der Waals surface area contributed by atoms with Crippen LogP contribution in [0.4, 0.5) is 0 Å². The van der Waals surface area contributed by atoms with Gasteiger partial charge in [0.25, 0.3) is 0 Å². The van der Waals surface area contributed by atoms with Crippen molar-refractivity contribution < 1.29 is 13.9 Å². The first-order valence-electron chi connectivity index (χ1n) is 9.88. The summed E-state index contributed by atoms with van der Waals surface area (Å²) >= 11 is 1.52. The number of fused-ring (bicyclic) bond motifs is 2. The van der Waals surface area contributed by atoms with Crippen molar-refractivity contribution in [1.82, 2.24) is 19.3 Å². The molecule has 8 nitrogen and oxygen atoms in total. The molecule has 9 heteroatoms. The highest BCUT2D eigenvalue weighted by atomic mass is 32.2. The largest absolute Gasteiger partial charge is 0.485 e. The SMILES string of the molecule is C=CCn1c(SCCn2c(=O)oc3ccccc32)nnc1[C@H]1COc2ccccc2O1. The molecule has 0 aliphatic carbocycles. The van der Waals surface area contributed by atoms with Crippen LogP contribution in [-0.4, -0.2) is 31.7 Å². The van der Waals surface area contributed by atoms with Crippen molar-refractivity contribution in [3.05, 3.63) is 77.6 Å². The van der Waals surface area contributed by atoms with Gasteiger partial charge in [0.15, 0.2) is 34.2 Å². The monoisotopic (exact) mass is 436 g/mol. The lowest BCUT2D eigenvalue weighted by atomic mass is 10.2. The van der Waals surface area contributed by atoms with Gasteiger partial charge >= 0.3 is 5.76 Å². The second-order valence-corrected chi connectivity index (χ2v) is 8.00. The Morgan fingerprint density at radius 2 is 1.90 bits per heavy atom. The number of nitrogens with zero attached hydrogens (tertiary/aromatic N) is 4. The molecule has 1 aliphatic heterocycles. The Morgan fingerprint density at radius 3 is 2.77 bits per heavy atom. The minimum Gasteiger partial charge on any atom is -0.485 e. The highest BCUT2D eigenvalue weighted by Gasteiger charge is 2.28. The van der Waals surface area contributed by atoms with Crippen molar-refractivity contribution in [2.45, 2.75) is 24.3 Å². The number of oxazole rings is 1. The number of allylic oxidation sites excluding steroid dienone is 1. The van der Waals surface area contributed by atoms with Crippen molar-refractivity contribution in [2.75, 3.05) is 12.4 Å². The molecule has 0 bridgehead atoms. The van der Waals surface area contributed by atoms with E-state index in [1.165, 1.54) is 11.8 Å². The molecule has 0 fully saturated rings. The second-order valence-electron chi connectivity index (χ2n) is 6.94. The first-order valence-corrected chi connectivity index (χ1v) is 10.9. The molecule has 2 aromatic carbocycles. The zero-order valence-corrected chi connectivity index (χ0v) is 17.5. The number of hydrogen-bond acceptors (Lipinski definition) is 7. The minimum atomic E-state index is -0.364. The molecule has 1 atom stereocenters. The highest BCUT2D eigenvalue weighted by molar-refractivity contribution is 7.99. The van der Waals surface area contributed by atoms with E-state index in [-0.39, 0.29) is 11.9 Å². The fourth-order valence-corrected chi connectivity index (χ4v) is 4.43. The zero-order valence-electron chi connectivity index (χ0n) is 16.6. The maximum Gasteiger partial charge on any atom is 0.419 e. The van der Waals surface area contributed by atoms with Crippen molar-refractivity contribution in [3.63, 3.8) is 0 Å². The topological polar surface area (TPSA) is 84.3 Å². The first kappa shape index (κ1) is 19.5. The summed E-state index contributed by atoms with van der Waals surface area (Å²) in [6.07, 6.45) is 1.43. The molecule has 31 heavy (non-hydrogen) atoms. The van der Waals surface area contributed by atoms with Crippen LogP contribution in [0.1, 0.15) is 11.9 Å². The van der Waals surface area contributed by atoms with Gasteiger partial charge < -0.3 is 13.9 Å². The summed E-state index contributed by atoms with van der Waals surface area (Å²) in [7, 11) is 0. The Morgan fingerprint density at radius 1 is 1.10 bits per heavy atom. The zero-order chi connectivity index (χ0) is 21.2. The van der Waals surface area contributed by atoms with E-state index in [1.807, 2.05) is 47.0 Å². The van der Waals surface area contributed by atoms with Crippen molar-refractivity contribution in [3.8, 4) is 11.5 Å². The van der Waals surface area contributed by atoms with Crippen molar-refractivity contribution >= 4 is 22.9 Å². The molecule has 0 amide bonds. The number of thioether (sulfide) groups is 1. The number of hydrogen-bond donors (Lipinski definition) is 0. The Bertz CT molecular complexity index is 1290. The van der Waals surface area contributed by atoms with Crippen LogP contribution in [0.3, 0.4) is 0 Å². The van der Waals surface area contributed by atoms with Gasteiger partial charge in [-0.1, -0.05) is 42.1 Å². The number of benzene rings is 2. The van der Waals surface area contributed by atoms with Gasteiger partial charge in [-0.2, -0.15) is 0 Å². The number of ether oxygens (including phenoxy) is 2. The van der Waals surface area contributed by atoms with E-state index in [0.717, 1.165) is 16.4 Å². The minimum absolute atomic E-state index is 0.355. The molecule has 3 heterocycles. The van der Waals surface area contributed by atoms with Crippen LogP contribution in [0.2, 0.25) is 0 Å². The first-order chi connectivity index (χ1) is 15.2. The summed E-state index contributed by atoms with van der Waals surface area (Å²) in [5, 5.41) is 9.45. The van der Waals surface area contributed by atoms with E-state index in [4.69, 9.17) is 13.9 Å². The Labute approximate surface area is 182 Å². The summed E-state index contributed by atoms with van der Waals surface area (Å²) in [6.45, 7) is 5.24. The second kappa shape index (κ2) is 8.35. The third kappa shape index (κ3) is 3.72. The molecule has 4 aromatic rings. The van der Waals surface area contributed by atoms with E-state index < -0.39 is 0 Å². The van der Waals surface area contributed by atoms with Crippen LogP contribution in [0.25, 0.3) is 11.1 Å². The van der Waals surface area contributed by atoms with Gasteiger partial charge in [0.1, 0.15) is 6.61 Å². The van der Waals surface area contributed by atoms with Crippen LogP contribution >= 0.6 is 11.8 Å². The van der Waals surface area contributed by atoms with Gasteiger partial charge in [0.2, 0.25) is 0 Å². The van der Waals surface area contributed by atoms with Crippen LogP contribution in [-0.2, 0) is 13.1 Å². The molecule has 0 saturated heterocycles. The van der Waals surface area contributed by atoms with Crippen molar-refractivity contribution in [2.24, 2.45) is 0 Å². The van der Waals surface area contributed by atoms with Gasteiger partial charge in [-0.25, -0.2) is 4.79 Å². The van der Waals surface area contributed by atoms with Crippen LogP contribution in [0, 0.1) is 0 Å². The third-order valence-electron chi connectivity index (χ3n) is 4.97. The molecule has 0 spiro atoms. The summed E-state index contributed by atoms with van der Waals surface area (Å²) in [5.74, 6) is 2.36. The summed E-state index contributed by atoms with van der Waals surface area (Å²) in [5.41, 5.74) is 1.37. The molecule has 0 unspecified atom stereocenters. The molecule has 158 valence electrons. The summed E-state index contributed by atoms with van der Waals surface area (Å²) in [6, 6.07) is 15.0. The quantitative estimate of drug-likeness (QED) is 0.323. The Balaban J connectivity index is 1.33. The van der Waals surface area contributed by atoms with Crippen LogP contribution < -0.4 is 15.2 Å². The molecule has 0 radical (unpaired) electrons. The number of rotatable bonds is 7. The van der Waals surface area contributed by atoms with Gasteiger partial charge in [-0.05, 0) is 24.3 Å².